The third-order valence-electron chi connectivity index (χ3n) is 4.99. The first-order valence-electron chi connectivity index (χ1n) is 10.0. The fourth-order valence-electron chi connectivity index (χ4n) is 3.53. The molecule has 3 rings (SSSR count). The Morgan fingerprint density at radius 2 is 2.03 bits per heavy atom. The van der Waals surface area contributed by atoms with E-state index in [9.17, 15) is 14.3 Å². The SMILES string of the molecule is CC1CCc2cc(NC(=S)NC(C)(C)C)c(O)cc2N(Cc2cccc(F)c2)C1=O. The summed E-state index contributed by atoms with van der Waals surface area (Å²) >= 11 is 5.35. The third-order valence-corrected chi connectivity index (χ3v) is 5.19. The van der Waals surface area contributed by atoms with E-state index in [1.807, 2.05) is 33.8 Å². The van der Waals surface area contributed by atoms with Gasteiger partial charge in [0.15, 0.2) is 5.11 Å². The van der Waals surface area contributed by atoms with Crippen LogP contribution in [0.3, 0.4) is 0 Å². The fourth-order valence-corrected chi connectivity index (χ4v) is 3.95. The Bertz CT molecular complexity index is 971. The molecule has 5 nitrogen and oxygen atoms in total. The number of hydrogen-bond acceptors (Lipinski definition) is 3. The number of phenolic OH excluding ortho intramolecular Hbond substituents is 1. The van der Waals surface area contributed by atoms with Crippen molar-refractivity contribution in [3.8, 4) is 5.75 Å². The van der Waals surface area contributed by atoms with Crippen molar-refractivity contribution in [1.82, 2.24) is 5.32 Å². The van der Waals surface area contributed by atoms with Gasteiger partial charge < -0.3 is 20.6 Å². The van der Waals surface area contributed by atoms with Gasteiger partial charge in [-0.05, 0) is 75.2 Å². The Morgan fingerprint density at radius 1 is 1.30 bits per heavy atom. The molecule has 2 aromatic carbocycles. The predicted molar refractivity (Wildman–Crippen MR) is 122 cm³/mol. The molecule has 1 unspecified atom stereocenters. The number of fused-ring (bicyclic) bond motifs is 1. The summed E-state index contributed by atoms with van der Waals surface area (Å²) in [6.07, 6.45) is 1.39. The molecule has 160 valence electrons. The Labute approximate surface area is 182 Å². The van der Waals surface area contributed by atoms with Crippen LogP contribution < -0.4 is 15.5 Å². The van der Waals surface area contributed by atoms with Crippen LogP contribution in [0, 0.1) is 11.7 Å². The van der Waals surface area contributed by atoms with Crippen LogP contribution in [0.25, 0.3) is 0 Å². The second-order valence-corrected chi connectivity index (χ2v) is 9.23. The minimum atomic E-state index is -0.342. The van der Waals surface area contributed by atoms with Crippen LogP contribution in [-0.4, -0.2) is 21.7 Å². The lowest BCUT2D eigenvalue weighted by Gasteiger charge is -2.26. The summed E-state index contributed by atoms with van der Waals surface area (Å²) in [5, 5.41) is 17.3. The van der Waals surface area contributed by atoms with Crippen LogP contribution in [0.2, 0.25) is 0 Å². The molecule has 7 heteroatoms. The number of amides is 1. The molecule has 1 aliphatic heterocycles. The number of carbonyl (C=O) groups is 1. The number of aromatic hydroxyl groups is 1. The van der Waals surface area contributed by atoms with Crippen molar-refractivity contribution in [2.45, 2.75) is 52.6 Å². The van der Waals surface area contributed by atoms with Crippen LogP contribution in [0.15, 0.2) is 36.4 Å². The number of hydrogen-bond donors (Lipinski definition) is 3. The molecular weight excluding hydrogens is 401 g/mol. The monoisotopic (exact) mass is 429 g/mol. The molecule has 1 amide bonds. The highest BCUT2D eigenvalue weighted by molar-refractivity contribution is 7.80. The van der Waals surface area contributed by atoms with Crippen molar-refractivity contribution in [3.05, 3.63) is 53.3 Å². The Morgan fingerprint density at radius 3 is 2.70 bits per heavy atom. The van der Waals surface area contributed by atoms with Gasteiger partial charge in [-0.2, -0.15) is 0 Å². The summed E-state index contributed by atoms with van der Waals surface area (Å²) in [4.78, 5) is 14.7. The first kappa shape index (κ1) is 22.0. The summed E-state index contributed by atoms with van der Waals surface area (Å²) in [6, 6.07) is 9.65. The molecule has 30 heavy (non-hydrogen) atoms. The van der Waals surface area contributed by atoms with Crippen LogP contribution in [-0.2, 0) is 17.8 Å². The van der Waals surface area contributed by atoms with Crippen molar-refractivity contribution in [2.24, 2.45) is 5.92 Å². The van der Waals surface area contributed by atoms with E-state index in [1.54, 1.807) is 23.1 Å². The van der Waals surface area contributed by atoms with Gasteiger partial charge in [-0.15, -0.1) is 0 Å². The number of benzene rings is 2. The van der Waals surface area contributed by atoms with Crippen LogP contribution in [0.4, 0.5) is 15.8 Å². The van der Waals surface area contributed by atoms with E-state index >= 15 is 0 Å². The lowest BCUT2D eigenvalue weighted by molar-refractivity contribution is -0.122. The molecule has 1 atom stereocenters. The first-order valence-corrected chi connectivity index (χ1v) is 10.4. The van der Waals surface area contributed by atoms with E-state index in [4.69, 9.17) is 12.2 Å². The number of thiocarbonyl (C=S) groups is 1. The van der Waals surface area contributed by atoms with E-state index in [0.29, 0.717) is 34.9 Å². The van der Waals surface area contributed by atoms with Gasteiger partial charge in [-0.25, -0.2) is 4.39 Å². The number of halogens is 1. The Hall–Kier alpha value is -2.67. The summed E-state index contributed by atoms with van der Waals surface area (Å²) in [5.41, 5.74) is 2.55. The highest BCUT2D eigenvalue weighted by Gasteiger charge is 2.29. The molecule has 1 aliphatic rings. The van der Waals surface area contributed by atoms with Crippen molar-refractivity contribution < 1.29 is 14.3 Å². The van der Waals surface area contributed by atoms with Gasteiger partial charge in [0.2, 0.25) is 5.91 Å². The normalized spacial score (nSPS) is 16.6. The molecular formula is C23H28FN3O2S. The van der Waals surface area contributed by atoms with Gasteiger partial charge in [0, 0.05) is 17.5 Å². The summed E-state index contributed by atoms with van der Waals surface area (Å²) in [5.74, 6) is -0.556. The van der Waals surface area contributed by atoms with Gasteiger partial charge in [-0.1, -0.05) is 19.1 Å². The van der Waals surface area contributed by atoms with Gasteiger partial charge in [0.05, 0.1) is 17.9 Å². The average molecular weight is 430 g/mol. The van der Waals surface area contributed by atoms with Crippen LogP contribution in [0.5, 0.6) is 5.75 Å². The Kier molecular flexibility index (Phi) is 6.31. The van der Waals surface area contributed by atoms with Crippen molar-refractivity contribution in [3.63, 3.8) is 0 Å². The fraction of sp³-hybridized carbons (Fsp3) is 0.391. The predicted octanol–water partition coefficient (Wildman–Crippen LogP) is 4.73. The molecule has 0 bridgehead atoms. The molecule has 0 aliphatic carbocycles. The lowest BCUT2D eigenvalue weighted by atomic mass is 10.0. The highest BCUT2D eigenvalue weighted by atomic mass is 32.1. The van der Waals surface area contributed by atoms with E-state index in [-0.39, 0.29) is 35.5 Å². The zero-order valence-corrected chi connectivity index (χ0v) is 18.6. The van der Waals surface area contributed by atoms with Gasteiger partial charge in [-0.3, -0.25) is 4.79 Å². The molecule has 0 fully saturated rings. The number of anilines is 2. The zero-order chi connectivity index (χ0) is 22.1. The largest absolute Gasteiger partial charge is 0.506 e. The molecule has 0 aromatic heterocycles. The molecule has 0 radical (unpaired) electrons. The number of aryl methyl sites for hydroxylation is 1. The van der Waals surface area contributed by atoms with Crippen molar-refractivity contribution in [2.75, 3.05) is 10.2 Å². The van der Waals surface area contributed by atoms with Gasteiger partial charge in [0.25, 0.3) is 0 Å². The standard InChI is InChI=1S/C23H28FN3O2S/c1-14-8-9-16-11-18(25-22(30)26-23(2,3)4)20(28)12-19(16)27(21(14)29)13-15-6-5-7-17(24)10-15/h5-7,10-12,14,28H,8-9,13H2,1-4H3,(H2,25,26,30). The maximum atomic E-state index is 13.7. The zero-order valence-electron chi connectivity index (χ0n) is 17.8. The van der Waals surface area contributed by atoms with Gasteiger partial charge >= 0.3 is 0 Å². The molecule has 1 heterocycles. The second kappa shape index (κ2) is 8.60. The molecule has 2 aromatic rings. The quantitative estimate of drug-likeness (QED) is 0.486. The highest BCUT2D eigenvalue weighted by Crippen LogP contribution is 2.37. The van der Waals surface area contributed by atoms with Crippen molar-refractivity contribution >= 4 is 34.6 Å². The smallest absolute Gasteiger partial charge is 0.230 e. The number of nitrogens with zero attached hydrogens (tertiary/aromatic N) is 1. The van der Waals surface area contributed by atoms with E-state index in [1.165, 1.54) is 12.1 Å². The van der Waals surface area contributed by atoms with Gasteiger partial charge in [0.1, 0.15) is 11.6 Å². The number of rotatable bonds is 3. The number of nitrogens with one attached hydrogen (secondary N) is 2. The molecule has 0 saturated carbocycles. The summed E-state index contributed by atoms with van der Waals surface area (Å²) in [7, 11) is 0. The van der Waals surface area contributed by atoms with E-state index in [2.05, 4.69) is 10.6 Å². The van der Waals surface area contributed by atoms with Crippen LogP contribution >= 0.6 is 12.2 Å². The molecule has 0 saturated heterocycles. The third kappa shape index (κ3) is 5.27. The van der Waals surface area contributed by atoms with E-state index in [0.717, 1.165) is 5.56 Å². The first-order chi connectivity index (χ1) is 14.0. The topological polar surface area (TPSA) is 64.6 Å². The summed E-state index contributed by atoms with van der Waals surface area (Å²) < 4.78 is 13.7. The molecule has 3 N–H and O–H groups in total. The second-order valence-electron chi connectivity index (χ2n) is 8.82. The number of phenols is 1. The minimum Gasteiger partial charge on any atom is -0.506 e. The maximum Gasteiger partial charge on any atom is 0.230 e. The van der Waals surface area contributed by atoms with Crippen LogP contribution in [0.1, 0.15) is 45.2 Å². The minimum absolute atomic E-state index is 0.00148. The average Bonchev–Trinajstić information content (AvgIpc) is 2.73. The Balaban J connectivity index is 1.94. The summed E-state index contributed by atoms with van der Waals surface area (Å²) in [6.45, 7) is 8.12. The maximum absolute atomic E-state index is 13.7. The van der Waals surface area contributed by atoms with Crippen molar-refractivity contribution in [1.29, 1.82) is 0 Å². The molecule has 0 spiro atoms. The number of carbonyl (C=O) groups excluding carboxylic acids is 1. The lowest BCUT2D eigenvalue weighted by Crippen LogP contribution is -2.42. The van der Waals surface area contributed by atoms with E-state index < -0.39 is 0 Å².